The molecule has 5 heteroatoms. The number of thioether (sulfide) groups is 5. The summed E-state index contributed by atoms with van der Waals surface area (Å²) in [6.07, 6.45) is 2.96. The van der Waals surface area contributed by atoms with E-state index in [1.54, 1.807) is 0 Å². The summed E-state index contributed by atoms with van der Waals surface area (Å²) in [5.41, 5.74) is 0. The van der Waals surface area contributed by atoms with Gasteiger partial charge < -0.3 is 0 Å². The van der Waals surface area contributed by atoms with Crippen LogP contribution in [0.2, 0.25) is 0 Å². The van der Waals surface area contributed by atoms with Crippen LogP contribution in [0.5, 0.6) is 0 Å². The van der Waals surface area contributed by atoms with Crippen molar-refractivity contribution in [2.24, 2.45) is 0 Å². The van der Waals surface area contributed by atoms with Crippen molar-refractivity contribution < 1.29 is 0 Å². The number of hydrogen-bond acceptors (Lipinski definition) is 5. The van der Waals surface area contributed by atoms with Crippen molar-refractivity contribution >= 4 is 58.8 Å². The predicted molar refractivity (Wildman–Crippen MR) is 108 cm³/mol. The molecule has 0 radical (unpaired) electrons. The van der Waals surface area contributed by atoms with Gasteiger partial charge in [0.05, 0.1) is 0 Å². The van der Waals surface area contributed by atoms with Gasteiger partial charge in [0, 0.05) is 52.5 Å². The largest absolute Gasteiger partial charge is 0.153 e. The zero-order valence-corrected chi connectivity index (χ0v) is 17.3. The normalized spacial score (nSPS) is 53.1. The van der Waals surface area contributed by atoms with Crippen molar-refractivity contribution in [3.05, 3.63) is 0 Å². The molecule has 0 amide bonds. The SMILES string of the molecule is CC1SC1CC(SC(CC1SC1C)C1SC1C)C1SC1C. The third kappa shape index (κ3) is 4.05. The molecule has 10 unspecified atom stereocenters. The molecule has 0 aromatic heterocycles. The van der Waals surface area contributed by atoms with Gasteiger partial charge in [-0.15, -0.1) is 0 Å². The molecular weight excluding hydrogens is 353 g/mol. The summed E-state index contributed by atoms with van der Waals surface area (Å²) < 4.78 is 0. The Balaban J connectivity index is 1.36. The van der Waals surface area contributed by atoms with E-state index in [2.05, 4.69) is 86.5 Å². The number of rotatable bonds is 8. The summed E-state index contributed by atoms with van der Waals surface area (Å²) in [6, 6.07) is 0. The zero-order valence-electron chi connectivity index (χ0n) is 13.2. The molecule has 4 heterocycles. The van der Waals surface area contributed by atoms with Crippen LogP contribution in [0.25, 0.3) is 0 Å². The predicted octanol–water partition coefficient (Wildman–Crippen LogP) is 5.25. The van der Waals surface area contributed by atoms with Crippen LogP contribution in [0.3, 0.4) is 0 Å². The van der Waals surface area contributed by atoms with Gasteiger partial charge in [-0.2, -0.15) is 58.8 Å². The molecule has 4 aliphatic rings. The molecular formula is C16H26S5. The molecule has 0 bridgehead atoms. The molecule has 0 aliphatic carbocycles. The highest BCUT2D eigenvalue weighted by atomic mass is 32.2. The lowest BCUT2D eigenvalue weighted by atomic mass is 10.1. The van der Waals surface area contributed by atoms with Gasteiger partial charge in [-0.25, -0.2) is 0 Å². The van der Waals surface area contributed by atoms with Gasteiger partial charge in [-0.1, -0.05) is 27.7 Å². The lowest BCUT2D eigenvalue weighted by Crippen LogP contribution is -2.24. The highest BCUT2D eigenvalue weighted by Crippen LogP contribution is 2.58. The molecule has 4 aliphatic heterocycles. The highest BCUT2D eigenvalue weighted by molar-refractivity contribution is 8.11. The van der Waals surface area contributed by atoms with Gasteiger partial charge >= 0.3 is 0 Å². The second kappa shape index (κ2) is 6.24. The third-order valence-electron chi connectivity index (χ3n) is 5.20. The Bertz CT molecular complexity index is 366. The van der Waals surface area contributed by atoms with E-state index in [9.17, 15) is 0 Å². The average molecular weight is 379 g/mol. The Morgan fingerprint density at radius 3 is 1.24 bits per heavy atom. The van der Waals surface area contributed by atoms with Crippen molar-refractivity contribution in [2.75, 3.05) is 0 Å². The van der Waals surface area contributed by atoms with Gasteiger partial charge in [-0.05, 0) is 12.8 Å². The van der Waals surface area contributed by atoms with E-state index in [-0.39, 0.29) is 0 Å². The first-order valence-corrected chi connectivity index (χ1v) is 13.0. The maximum absolute atomic E-state index is 2.44. The van der Waals surface area contributed by atoms with Crippen molar-refractivity contribution in [3.8, 4) is 0 Å². The van der Waals surface area contributed by atoms with E-state index >= 15 is 0 Å². The van der Waals surface area contributed by atoms with Crippen LogP contribution >= 0.6 is 58.8 Å². The minimum absolute atomic E-state index is 0.931. The van der Waals surface area contributed by atoms with Crippen LogP contribution in [0, 0.1) is 0 Å². The van der Waals surface area contributed by atoms with E-state index in [4.69, 9.17) is 0 Å². The second-order valence-electron chi connectivity index (χ2n) is 7.06. The molecule has 0 aromatic rings. The Labute approximate surface area is 151 Å². The monoisotopic (exact) mass is 378 g/mol. The van der Waals surface area contributed by atoms with E-state index < -0.39 is 0 Å². The summed E-state index contributed by atoms with van der Waals surface area (Å²) >= 11 is 11.3. The Morgan fingerprint density at radius 1 is 0.667 bits per heavy atom. The molecule has 0 spiro atoms. The molecule has 4 saturated heterocycles. The highest BCUT2D eigenvalue weighted by Gasteiger charge is 2.50. The number of hydrogen-bond donors (Lipinski definition) is 0. The van der Waals surface area contributed by atoms with Gasteiger partial charge in [0.15, 0.2) is 0 Å². The van der Waals surface area contributed by atoms with Crippen LogP contribution < -0.4 is 0 Å². The standard InChI is InChI=1S/C16H26S5/c1-7-11(17-7)5-13(15-9(3)19-15)21-14(16-10(4)20-16)6-12-8(2)18-12/h7-16H,5-6H2,1-4H3. The molecule has 0 saturated carbocycles. The van der Waals surface area contributed by atoms with Crippen molar-refractivity contribution in [1.82, 2.24) is 0 Å². The fraction of sp³-hybridized carbons (Fsp3) is 1.00. The fourth-order valence-corrected chi connectivity index (χ4v) is 9.98. The second-order valence-corrected chi connectivity index (χ2v) is 14.9. The van der Waals surface area contributed by atoms with E-state index in [0.29, 0.717) is 0 Å². The topological polar surface area (TPSA) is 0 Å². The average Bonchev–Trinajstić information content (AvgIpc) is 3.21. The van der Waals surface area contributed by atoms with Crippen LogP contribution in [0.1, 0.15) is 40.5 Å². The summed E-state index contributed by atoms with van der Waals surface area (Å²) in [5.74, 6) is 0. The van der Waals surface area contributed by atoms with Crippen molar-refractivity contribution in [2.45, 2.75) is 93.0 Å². The first kappa shape index (κ1) is 16.2. The van der Waals surface area contributed by atoms with Crippen molar-refractivity contribution in [3.63, 3.8) is 0 Å². The summed E-state index contributed by atoms with van der Waals surface area (Å²) in [7, 11) is 0. The molecule has 0 nitrogen and oxygen atoms in total. The first-order chi connectivity index (χ1) is 10.0. The van der Waals surface area contributed by atoms with Crippen LogP contribution in [-0.2, 0) is 0 Å². The molecule has 21 heavy (non-hydrogen) atoms. The fourth-order valence-electron chi connectivity index (χ4n) is 3.36. The molecule has 120 valence electrons. The zero-order chi connectivity index (χ0) is 14.7. The van der Waals surface area contributed by atoms with Crippen LogP contribution in [-0.4, -0.2) is 52.5 Å². The Kier molecular flexibility index (Phi) is 4.82. The maximum atomic E-state index is 2.44. The Morgan fingerprint density at radius 2 is 1.00 bits per heavy atom. The lowest BCUT2D eigenvalue weighted by Gasteiger charge is -2.23. The maximum Gasteiger partial charge on any atom is 0.0286 e. The summed E-state index contributed by atoms with van der Waals surface area (Å²) in [5, 5.41) is 9.52. The van der Waals surface area contributed by atoms with Gasteiger partial charge in [0.2, 0.25) is 0 Å². The summed E-state index contributed by atoms with van der Waals surface area (Å²) in [6.45, 7) is 9.71. The first-order valence-electron chi connectivity index (χ1n) is 8.30. The smallest absolute Gasteiger partial charge is 0.0286 e. The Hall–Kier alpha value is 1.75. The van der Waals surface area contributed by atoms with E-state index in [1.807, 2.05) is 0 Å². The van der Waals surface area contributed by atoms with Crippen LogP contribution in [0.4, 0.5) is 0 Å². The van der Waals surface area contributed by atoms with Crippen LogP contribution in [0.15, 0.2) is 0 Å². The molecule has 4 rings (SSSR count). The third-order valence-corrected chi connectivity index (χ3v) is 12.9. The minimum Gasteiger partial charge on any atom is -0.153 e. The molecule has 10 atom stereocenters. The molecule has 0 aromatic carbocycles. The quantitative estimate of drug-likeness (QED) is 0.527. The van der Waals surface area contributed by atoms with E-state index in [0.717, 1.165) is 52.5 Å². The van der Waals surface area contributed by atoms with Gasteiger partial charge in [0.25, 0.3) is 0 Å². The lowest BCUT2D eigenvalue weighted by molar-refractivity contribution is 0.713. The van der Waals surface area contributed by atoms with Gasteiger partial charge in [0.1, 0.15) is 0 Å². The minimum atomic E-state index is 0.931. The molecule has 4 fully saturated rings. The van der Waals surface area contributed by atoms with E-state index in [1.165, 1.54) is 12.8 Å². The summed E-state index contributed by atoms with van der Waals surface area (Å²) in [4.78, 5) is 0. The molecule has 0 N–H and O–H groups in total. The van der Waals surface area contributed by atoms with Crippen molar-refractivity contribution in [1.29, 1.82) is 0 Å². The van der Waals surface area contributed by atoms with Gasteiger partial charge in [-0.3, -0.25) is 0 Å².